The lowest BCUT2D eigenvalue weighted by Gasteiger charge is -2.14. The van der Waals surface area contributed by atoms with E-state index in [1.165, 1.54) is 7.11 Å². The molecule has 0 bridgehead atoms. The standard InChI is InChI=1S/C19H22ClN3O4/c1-11(13-8-9-13)22-16(19(26)27-2)15(20)17(21)23-14(18(24)25)10-12-6-4-3-5-7-12/h3-7,13-14,22H,1,8-10H2,2H3,(H2,21,23)(H,24,25). The van der Waals surface area contributed by atoms with Crippen LogP contribution in [-0.4, -0.2) is 36.0 Å². The summed E-state index contributed by atoms with van der Waals surface area (Å²) in [4.78, 5) is 27.6. The summed E-state index contributed by atoms with van der Waals surface area (Å²) in [6, 6.07) is 7.87. The molecule has 0 amide bonds. The lowest BCUT2D eigenvalue weighted by molar-refractivity contribution is -0.138. The number of carboxylic acids is 1. The Bertz CT molecular complexity index is 785. The predicted octanol–water partition coefficient (Wildman–Crippen LogP) is 2.18. The molecule has 0 aliphatic heterocycles. The topological polar surface area (TPSA) is 114 Å². The Hall–Kier alpha value is -2.80. The second kappa shape index (κ2) is 9.23. The van der Waals surface area contributed by atoms with E-state index in [9.17, 15) is 14.7 Å². The second-order valence-corrected chi connectivity index (χ2v) is 6.54. The van der Waals surface area contributed by atoms with Crippen LogP contribution >= 0.6 is 11.6 Å². The number of nitrogens with zero attached hydrogens (tertiary/aromatic N) is 1. The van der Waals surface area contributed by atoms with Gasteiger partial charge in [0, 0.05) is 12.1 Å². The first-order chi connectivity index (χ1) is 12.8. The van der Waals surface area contributed by atoms with Gasteiger partial charge in [0.2, 0.25) is 0 Å². The van der Waals surface area contributed by atoms with E-state index in [0.29, 0.717) is 5.70 Å². The van der Waals surface area contributed by atoms with E-state index in [-0.39, 0.29) is 28.9 Å². The monoisotopic (exact) mass is 391 g/mol. The Morgan fingerprint density at radius 1 is 1.41 bits per heavy atom. The lowest BCUT2D eigenvalue weighted by Crippen LogP contribution is -2.29. The van der Waals surface area contributed by atoms with Crippen LogP contribution in [0.4, 0.5) is 0 Å². The number of esters is 1. The fourth-order valence-corrected chi connectivity index (χ4v) is 2.54. The molecule has 0 heterocycles. The van der Waals surface area contributed by atoms with Crippen LogP contribution < -0.4 is 11.1 Å². The molecule has 7 nitrogen and oxygen atoms in total. The molecule has 1 unspecified atom stereocenters. The van der Waals surface area contributed by atoms with Gasteiger partial charge in [-0.15, -0.1) is 0 Å². The summed E-state index contributed by atoms with van der Waals surface area (Å²) in [7, 11) is 1.21. The number of carboxylic acid groups (broad SMARTS) is 1. The predicted molar refractivity (Wildman–Crippen MR) is 103 cm³/mol. The Morgan fingerprint density at radius 3 is 2.56 bits per heavy atom. The van der Waals surface area contributed by atoms with Crippen molar-refractivity contribution in [1.82, 2.24) is 5.32 Å². The number of hydrogen-bond acceptors (Lipinski definition) is 5. The van der Waals surface area contributed by atoms with Crippen molar-refractivity contribution >= 4 is 29.4 Å². The van der Waals surface area contributed by atoms with Gasteiger partial charge in [-0.1, -0.05) is 48.5 Å². The van der Waals surface area contributed by atoms with Gasteiger partial charge in [0.25, 0.3) is 0 Å². The minimum absolute atomic E-state index is 0.110. The molecule has 0 radical (unpaired) electrons. The highest BCUT2D eigenvalue weighted by Gasteiger charge is 2.28. The Morgan fingerprint density at radius 2 is 2.04 bits per heavy atom. The van der Waals surface area contributed by atoms with E-state index in [4.69, 9.17) is 22.1 Å². The number of amidine groups is 1. The molecule has 1 aliphatic carbocycles. The summed E-state index contributed by atoms with van der Waals surface area (Å²) in [5, 5.41) is 12.1. The van der Waals surface area contributed by atoms with Crippen molar-refractivity contribution in [3.05, 3.63) is 58.9 Å². The van der Waals surface area contributed by atoms with Crippen LogP contribution in [-0.2, 0) is 20.7 Å². The van der Waals surface area contributed by atoms with Crippen molar-refractivity contribution in [2.45, 2.75) is 25.3 Å². The molecular weight excluding hydrogens is 370 g/mol. The van der Waals surface area contributed by atoms with Crippen molar-refractivity contribution < 1.29 is 19.4 Å². The largest absolute Gasteiger partial charge is 0.480 e. The molecular formula is C19H22ClN3O4. The van der Waals surface area contributed by atoms with E-state index < -0.39 is 18.0 Å². The number of carbonyl (C=O) groups excluding carboxylic acids is 1. The highest BCUT2D eigenvalue weighted by atomic mass is 35.5. The molecule has 1 saturated carbocycles. The Balaban J connectivity index is 2.28. The van der Waals surface area contributed by atoms with Gasteiger partial charge in [-0.2, -0.15) is 0 Å². The quantitative estimate of drug-likeness (QED) is 0.257. The minimum Gasteiger partial charge on any atom is -0.480 e. The zero-order valence-corrected chi connectivity index (χ0v) is 15.7. The van der Waals surface area contributed by atoms with Crippen molar-refractivity contribution in [3.63, 3.8) is 0 Å². The van der Waals surface area contributed by atoms with E-state index in [2.05, 4.69) is 16.9 Å². The highest BCUT2D eigenvalue weighted by molar-refractivity contribution is 6.44. The van der Waals surface area contributed by atoms with Gasteiger partial charge >= 0.3 is 11.9 Å². The van der Waals surface area contributed by atoms with Crippen LogP contribution in [0.15, 0.2) is 58.3 Å². The van der Waals surface area contributed by atoms with Gasteiger partial charge in [0.05, 0.1) is 7.11 Å². The number of carbonyl (C=O) groups is 2. The van der Waals surface area contributed by atoms with Crippen molar-refractivity contribution in [2.75, 3.05) is 7.11 Å². The van der Waals surface area contributed by atoms with Crippen molar-refractivity contribution in [2.24, 2.45) is 16.6 Å². The lowest BCUT2D eigenvalue weighted by atomic mass is 10.1. The molecule has 1 aromatic rings. The maximum Gasteiger partial charge on any atom is 0.356 e. The highest BCUT2D eigenvalue weighted by Crippen LogP contribution is 2.34. The number of rotatable bonds is 9. The first kappa shape index (κ1) is 20.5. The van der Waals surface area contributed by atoms with Gasteiger partial charge in [0.15, 0.2) is 6.04 Å². The number of benzene rings is 1. The summed E-state index contributed by atoms with van der Waals surface area (Å²) in [5.74, 6) is -1.90. The number of aliphatic imine (C=N–C) groups is 1. The van der Waals surface area contributed by atoms with Gasteiger partial charge in [-0.05, 0) is 24.3 Å². The van der Waals surface area contributed by atoms with Crippen LogP contribution in [0.2, 0.25) is 0 Å². The molecule has 1 fully saturated rings. The molecule has 1 aliphatic rings. The fourth-order valence-electron chi connectivity index (χ4n) is 2.37. The maximum atomic E-state index is 12.1. The minimum atomic E-state index is -1.15. The normalized spacial score (nSPS) is 16.1. The summed E-state index contributed by atoms with van der Waals surface area (Å²) in [5.41, 5.74) is 7.19. The van der Waals surface area contributed by atoms with Gasteiger partial charge < -0.3 is 20.9 Å². The summed E-state index contributed by atoms with van der Waals surface area (Å²) < 4.78 is 4.72. The molecule has 4 N–H and O–H groups in total. The molecule has 0 aromatic heterocycles. The van der Waals surface area contributed by atoms with E-state index in [1.807, 2.05) is 6.07 Å². The third-order valence-electron chi connectivity index (χ3n) is 4.04. The van der Waals surface area contributed by atoms with Crippen LogP contribution in [0, 0.1) is 5.92 Å². The summed E-state index contributed by atoms with van der Waals surface area (Å²) in [6.07, 6.45) is 2.08. The van der Waals surface area contributed by atoms with Crippen LogP contribution in [0.3, 0.4) is 0 Å². The summed E-state index contributed by atoms with van der Waals surface area (Å²) >= 11 is 6.22. The molecule has 1 atom stereocenters. The van der Waals surface area contributed by atoms with Crippen LogP contribution in [0.1, 0.15) is 18.4 Å². The number of hydrogen-bond donors (Lipinski definition) is 3. The molecule has 2 rings (SSSR count). The third kappa shape index (κ3) is 5.86. The van der Waals surface area contributed by atoms with Gasteiger partial charge in [0.1, 0.15) is 16.6 Å². The molecule has 144 valence electrons. The maximum absolute atomic E-state index is 12.1. The van der Waals surface area contributed by atoms with Crippen molar-refractivity contribution in [1.29, 1.82) is 0 Å². The molecule has 27 heavy (non-hydrogen) atoms. The fraction of sp³-hybridized carbons (Fsp3) is 0.316. The Kier molecular flexibility index (Phi) is 7.01. The zero-order chi connectivity index (χ0) is 20.0. The summed E-state index contributed by atoms with van der Waals surface area (Å²) in [6.45, 7) is 3.87. The number of nitrogens with two attached hydrogens (primary N) is 1. The second-order valence-electron chi connectivity index (χ2n) is 6.16. The van der Waals surface area contributed by atoms with Crippen LogP contribution in [0.25, 0.3) is 0 Å². The first-order valence-electron chi connectivity index (χ1n) is 8.37. The van der Waals surface area contributed by atoms with E-state index in [0.717, 1.165) is 18.4 Å². The third-order valence-corrected chi connectivity index (χ3v) is 4.42. The first-order valence-corrected chi connectivity index (χ1v) is 8.75. The van der Waals surface area contributed by atoms with E-state index in [1.54, 1.807) is 24.3 Å². The van der Waals surface area contributed by atoms with E-state index >= 15 is 0 Å². The SMILES string of the molecule is C=C(NC(C(=O)OC)=C(Cl)C(N)=NC(Cc1ccccc1)C(=O)O)C1CC1. The molecule has 8 heteroatoms. The number of ether oxygens (including phenoxy) is 1. The molecule has 0 spiro atoms. The Labute approximate surface area is 162 Å². The van der Waals surface area contributed by atoms with Gasteiger partial charge in [-0.25, -0.2) is 9.59 Å². The number of nitrogens with one attached hydrogen (secondary N) is 1. The average molecular weight is 392 g/mol. The smallest absolute Gasteiger partial charge is 0.356 e. The van der Waals surface area contributed by atoms with Crippen LogP contribution in [0.5, 0.6) is 0 Å². The molecule has 1 aromatic carbocycles. The van der Waals surface area contributed by atoms with Gasteiger partial charge in [-0.3, -0.25) is 4.99 Å². The number of halogens is 1. The molecule has 0 saturated heterocycles. The average Bonchev–Trinajstić information content (AvgIpc) is 3.50. The van der Waals surface area contributed by atoms with Crippen molar-refractivity contribution in [3.8, 4) is 0 Å². The number of methoxy groups -OCH3 is 1. The number of aliphatic carboxylic acids is 1. The zero-order valence-electron chi connectivity index (χ0n) is 14.9. The number of allylic oxidation sites excluding steroid dienone is 1.